The third kappa shape index (κ3) is 5.39. The number of amides is 1. The number of rotatable bonds is 9. The molecule has 0 aliphatic carbocycles. The van der Waals surface area contributed by atoms with Gasteiger partial charge in [0.05, 0.1) is 11.8 Å². The van der Waals surface area contributed by atoms with E-state index in [-0.39, 0.29) is 5.91 Å². The number of hydrogen-bond acceptors (Lipinski definition) is 2. The Hall–Kier alpha value is -0.770. The molecule has 1 aromatic heterocycles. The van der Waals surface area contributed by atoms with Crippen molar-refractivity contribution < 1.29 is 9.21 Å². The predicted molar refractivity (Wildman–Crippen MR) is 81.4 cm³/mol. The number of carbonyl (C=O) groups excluding carboxylic acids is 1. The molecule has 0 aliphatic heterocycles. The van der Waals surface area contributed by atoms with Crippen molar-refractivity contribution in [3.63, 3.8) is 0 Å². The Kier molecular flexibility index (Phi) is 7.87. The molecule has 0 N–H and O–H groups in total. The van der Waals surface area contributed by atoms with Gasteiger partial charge in [0.25, 0.3) is 5.91 Å². The number of unbranched alkanes of at least 4 members (excludes halogenated alkanes) is 4. The van der Waals surface area contributed by atoms with Crippen molar-refractivity contribution in [3.8, 4) is 0 Å². The molecule has 0 fully saturated rings. The zero-order valence-corrected chi connectivity index (χ0v) is 13.5. The summed E-state index contributed by atoms with van der Waals surface area (Å²) in [4.78, 5) is 14.4. The van der Waals surface area contributed by atoms with Gasteiger partial charge in [-0.15, -0.1) is 0 Å². The summed E-state index contributed by atoms with van der Waals surface area (Å²) in [6.07, 6.45) is 8.38. The van der Waals surface area contributed by atoms with Crippen molar-refractivity contribution in [2.45, 2.75) is 52.4 Å². The fourth-order valence-corrected chi connectivity index (χ4v) is 2.45. The molecule has 0 saturated heterocycles. The Labute approximate surface area is 124 Å². The number of carbonyl (C=O) groups is 1. The molecule has 0 radical (unpaired) electrons. The van der Waals surface area contributed by atoms with Crippen LogP contribution < -0.4 is 0 Å². The summed E-state index contributed by atoms with van der Waals surface area (Å²) in [5.74, 6) is 0.0767. The maximum atomic E-state index is 12.5. The fraction of sp³-hybridized carbons (Fsp3) is 0.667. The average molecular weight is 330 g/mol. The van der Waals surface area contributed by atoms with Crippen LogP contribution in [0.15, 0.2) is 21.4 Å². The maximum absolute atomic E-state index is 12.5. The Morgan fingerprint density at radius 2 is 1.74 bits per heavy atom. The highest BCUT2D eigenvalue weighted by Gasteiger charge is 2.19. The highest BCUT2D eigenvalue weighted by atomic mass is 79.9. The molecule has 0 saturated carbocycles. The van der Waals surface area contributed by atoms with Crippen LogP contribution in [0.25, 0.3) is 0 Å². The molecular weight excluding hydrogens is 306 g/mol. The molecule has 3 nitrogen and oxygen atoms in total. The Morgan fingerprint density at radius 3 is 2.16 bits per heavy atom. The van der Waals surface area contributed by atoms with Crippen LogP contribution in [0.2, 0.25) is 0 Å². The first-order chi connectivity index (χ1) is 9.20. The third-order valence-corrected chi connectivity index (χ3v) is 3.81. The molecule has 1 aromatic rings. The van der Waals surface area contributed by atoms with E-state index in [9.17, 15) is 4.79 Å². The van der Waals surface area contributed by atoms with E-state index >= 15 is 0 Å². The van der Waals surface area contributed by atoms with Crippen molar-refractivity contribution in [1.82, 2.24) is 4.90 Å². The molecule has 0 spiro atoms. The predicted octanol–water partition coefficient (Wildman–Crippen LogP) is 4.86. The van der Waals surface area contributed by atoms with Crippen molar-refractivity contribution >= 4 is 21.8 Å². The Bertz CT molecular complexity index is 366. The lowest BCUT2D eigenvalue weighted by Gasteiger charge is -2.22. The second-order valence-electron chi connectivity index (χ2n) is 4.81. The molecule has 19 heavy (non-hydrogen) atoms. The molecule has 1 heterocycles. The molecule has 0 unspecified atom stereocenters. The topological polar surface area (TPSA) is 33.5 Å². The lowest BCUT2D eigenvalue weighted by atomic mass is 10.2. The van der Waals surface area contributed by atoms with Gasteiger partial charge >= 0.3 is 0 Å². The largest absolute Gasteiger partial charge is 0.457 e. The van der Waals surface area contributed by atoms with Crippen LogP contribution in [-0.4, -0.2) is 23.9 Å². The quantitative estimate of drug-likeness (QED) is 0.606. The lowest BCUT2D eigenvalue weighted by Crippen LogP contribution is -2.33. The number of furan rings is 1. The molecule has 1 rings (SSSR count). The summed E-state index contributed by atoms with van der Waals surface area (Å²) in [7, 11) is 0. The first-order valence-electron chi connectivity index (χ1n) is 7.23. The summed E-state index contributed by atoms with van der Waals surface area (Å²) in [5.41, 5.74) is 0.632. The standard InChI is InChI=1S/C15H24BrNO2/c1-3-5-7-10-17(11-8-6-4-2)15(18)13-9-12-19-14(13)16/h9,12H,3-8,10-11H2,1-2H3. The van der Waals surface area contributed by atoms with Crippen molar-refractivity contribution in [2.24, 2.45) is 0 Å². The molecule has 0 atom stereocenters. The second-order valence-corrected chi connectivity index (χ2v) is 5.53. The van der Waals surface area contributed by atoms with Gasteiger partial charge in [-0.3, -0.25) is 4.79 Å². The van der Waals surface area contributed by atoms with Gasteiger partial charge in [-0.05, 0) is 34.8 Å². The minimum absolute atomic E-state index is 0.0767. The molecule has 4 heteroatoms. The van der Waals surface area contributed by atoms with Crippen LogP contribution in [-0.2, 0) is 0 Å². The number of hydrogen-bond donors (Lipinski definition) is 0. The zero-order valence-electron chi connectivity index (χ0n) is 12.0. The van der Waals surface area contributed by atoms with E-state index in [1.165, 1.54) is 25.7 Å². The minimum Gasteiger partial charge on any atom is -0.457 e. The van der Waals surface area contributed by atoms with Crippen molar-refractivity contribution in [3.05, 3.63) is 22.6 Å². The van der Waals surface area contributed by atoms with Gasteiger partial charge in [-0.1, -0.05) is 39.5 Å². The van der Waals surface area contributed by atoms with Crippen LogP contribution >= 0.6 is 15.9 Å². The van der Waals surface area contributed by atoms with Crippen LogP contribution in [0.1, 0.15) is 62.7 Å². The fourth-order valence-electron chi connectivity index (χ4n) is 2.04. The molecule has 0 aliphatic rings. The van der Waals surface area contributed by atoms with Crippen LogP contribution in [0.5, 0.6) is 0 Å². The SMILES string of the molecule is CCCCCN(CCCCC)C(=O)c1ccoc1Br. The normalized spacial score (nSPS) is 10.7. The van der Waals surface area contributed by atoms with E-state index < -0.39 is 0 Å². The first-order valence-corrected chi connectivity index (χ1v) is 8.02. The van der Waals surface area contributed by atoms with E-state index in [2.05, 4.69) is 29.8 Å². The minimum atomic E-state index is 0.0767. The highest BCUT2D eigenvalue weighted by molar-refractivity contribution is 9.10. The van der Waals surface area contributed by atoms with E-state index in [0.29, 0.717) is 10.2 Å². The first kappa shape index (κ1) is 16.3. The van der Waals surface area contributed by atoms with E-state index in [1.54, 1.807) is 12.3 Å². The monoisotopic (exact) mass is 329 g/mol. The Balaban J connectivity index is 2.60. The second kappa shape index (κ2) is 9.18. The van der Waals surface area contributed by atoms with E-state index in [1.807, 2.05) is 4.90 Å². The number of halogens is 1. The van der Waals surface area contributed by atoms with Crippen LogP contribution in [0.3, 0.4) is 0 Å². The summed E-state index contributed by atoms with van der Waals surface area (Å²) in [6.45, 7) is 6.04. The summed E-state index contributed by atoms with van der Waals surface area (Å²) in [5, 5.41) is 0. The lowest BCUT2D eigenvalue weighted by molar-refractivity contribution is 0.0747. The highest BCUT2D eigenvalue weighted by Crippen LogP contribution is 2.20. The maximum Gasteiger partial charge on any atom is 0.258 e. The van der Waals surface area contributed by atoms with Crippen molar-refractivity contribution in [2.75, 3.05) is 13.1 Å². The van der Waals surface area contributed by atoms with Gasteiger partial charge < -0.3 is 9.32 Å². The average Bonchev–Trinajstić information content (AvgIpc) is 2.83. The Morgan fingerprint density at radius 1 is 1.16 bits per heavy atom. The van der Waals surface area contributed by atoms with Gasteiger partial charge in [0.1, 0.15) is 0 Å². The van der Waals surface area contributed by atoms with Crippen molar-refractivity contribution in [1.29, 1.82) is 0 Å². The summed E-state index contributed by atoms with van der Waals surface area (Å²) < 4.78 is 5.69. The third-order valence-electron chi connectivity index (χ3n) is 3.20. The summed E-state index contributed by atoms with van der Waals surface area (Å²) >= 11 is 3.28. The van der Waals surface area contributed by atoms with Gasteiger partial charge in [0.15, 0.2) is 4.67 Å². The zero-order chi connectivity index (χ0) is 14.1. The van der Waals surface area contributed by atoms with Crippen LogP contribution in [0.4, 0.5) is 0 Å². The molecule has 0 aromatic carbocycles. The smallest absolute Gasteiger partial charge is 0.258 e. The number of nitrogens with zero attached hydrogens (tertiary/aromatic N) is 1. The molecule has 1 amide bonds. The molecule has 0 bridgehead atoms. The summed E-state index contributed by atoms with van der Waals surface area (Å²) in [6, 6.07) is 1.74. The van der Waals surface area contributed by atoms with E-state index in [0.717, 1.165) is 25.9 Å². The van der Waals surface area contributed by atoms with Crippen LogP contribution in [0, 0.1) is 0 Å². The van der Waals surface area contributed by atoms with E-state index in [4.69, 9.17) is 4.42 Å². The van der Waals surface area contributed by atoms with Gasteiger partial charge in [0.2, 0.25) is 0 Å². The molecular formula is C15H24BrNO2. The van der Waals surface area contributed by atoms with Gasteiger partial charge in [-0.25, -0.2) is 0 Å². The van der Waals surface area contributed by atoms with Gasteiger partial charge in [0, 0.05) is 13.1 Å². The molecule has 108 valence electrons. The van der Waals surface area contributed by atoms with Gasteiger partial charge in [-0.2, -0.15) is 0 Å².